The topological polar surface area (TPSA) is 64.6 Å². The molecule has 5 heteroatoms. The third-order valence-corrected chi connectivity index (χ3v) is 6.83. The van der Waals surface area contributed by atoms with E-state index in [4.69, 9.17) is 9.47 Å². The molecule has 0 saturated heterocycles. The van der Waals surface area contributed by atoms with Crippen molar-refractivity contribution < 1.29 is 19.1 Å². The molecule has 158 valence electrons. The van der Waals surface area contributed by atoms with E-state index in [1.807, 2.05) is 0 Å². The zero-order chi connectivity index (χ0) is 20.4. The van der Waals surface area contributed by atoms with Gasteiger partial charge in [0.05, 0.1) is 12.2 Å². The van der Waals surface area contributed by atoms with Crippen molar-refractivity contribution in [3.63, 3.8) is 0 Å². The van der Waals surface area contributed by atoms with E-state index < -0.39 is 5.97 Å². The number of carbonyl (C=O) groups excluding carboxylic acids is 2. The van der Waals surface area contributed by atoms with E-state index in [-0.39, 0.29) is 12.5 Å². The van der Waals surface area contributed by atoms with Crippen molar-refractivity contribution in [2.45, 2.75) is 52.4 Å². The second kappa shape index (κ2) is 8.37. The number of ether oxygens (including phenoxy) is 2. The van der Waals surface area contributed by atoms with Crippen LogP contribution in [-0.2, 0) is 9.53 Å². The van der Waals surface area contributed by atoms with Crippen molar-refractivity contribution in [3.05, 3.63) is 29.8 Å². The molecule has 0 unspecified atom stereocenters. The Balaban J connectivity index is 1.21. The van der Waals surface area contributed by atoms with Crippen LogP contribution in [0, 0.1) is 29.1 Å². The second-order valence-electron chi connectivity index (χ2n) is 10.00. The first-order valence-electron chi connectivity index (χ1n) is 11.1. The summed E-state index contributed by atoms with van der Waals surface area (Å²) in [7, 11) is 0. The molecule has 4 saturated carbocycles. The Morgan fingerprint density at radius 2 is 1.62 bits per heavy atom. The SMILES string of the molecule is CC(C)COc1ccc(C(=O)OCC(=O)NCC23CC4CC(CC(C4)C2)C3)cc1. The largest absolute Gasteiger partial charge is 0.493 e. The van der Waals surface area contributed by atoms with Crippen molar-refractivity contribution in [2.24, 2.45) is 29.1 Å². The lowest BCUT2D eigenvalue weighted by molar-refractivity contribution is -0.126. The first-order valence-corrected chi connectivity index (χ1v) is 11.1. The lowest BCUT2D eigenvalue weighted by Gasteiger charge is -2.56. The molecule has 0 heterocycles. The van der Waals surface area contributed by atoms with E-state index in [1.165, 1.54) is 38.5 Å². The highest BCUT2D eigenvalue weighted by Crippen LogP contribution is 2.59. The fraction of sp³-hybridized carbons (Fsp3) is 0.667. The quantitative estimate of drug-likeness (QED) is 0.665. The molecule has 1 aromatic rings. The number of hydrogen-bond acceptors (Lipinski definition) is 4. The number of hydrogen-bond donors (Lipinski definition) is 1. The highest BCUT2D eigenvalue weighted by atomic mass is 16.5. The monoisotopic (exact) mass is 399 g/mol. The van der Waals surface area contributed by atoms with E-state index in [0.29, 0.717) is 23.5 Å². The zero-order valence-electron chi connectivity index (χ0n) is 17.6. The zero-order valence-corrected chi connectivity index (χ0v) is 17.6. The van der Waals surface area contributed by atoms with Crippen LogP contribution >= 0.6 is 0 Å². The molecule has 0 aromatic heterocycles. The molecule has 0 atom stereocenters. The number of esters is 1. The molecule has 1 N–H and O–H groups in total. The summed E-state index contributed by atoms with van der Waals surface area (Å²) in [5.74, 6) is 3.08. The maximum Gasteiger partial charge on any atom is 0.338 e. The predicted molar refractivity (Wildman–Crippen MR) is 111 cm³/mol. The van der Waals surface area contributed by atoms with Gasteiger partial charge in [0.25, 0.3) is 5.91 Å². The Bertz CT molecular complexity index is 704. The van der Waals surface area contributed by atoms with Crippen molar-refractivity contribution in [2.75, 3.05) is 19.8 Å². The summed E-state index contributed by atoms with van der Waals surface area (Å²) in [6.45, 7) is 5.30. The molecule has 0 radical (unpaired) electrons. The van der Waals surface area contributed by atoms with Gasteiger partial charge in [-0.2, -0.15) is 0 Å². The maximum atomic E-state index is 12.3. The number of nitrogens with one attached hydrogen (secondary N) is 1. The molecule has 4 fully saturated rings. The van der Waals surface area contributed by atoms with E-state index in [2.05, 4.69) is 19.2 Å². The molecule has 0 aliphatic heterocycles. The van der Waals surface area contributed by atoms with Crippen LogP contribution in [0.2, 0.25) is 0 Å². The molecular formula is C24H33NO4. The van der Waals surface area contributed by atoms with Crippen LogP contribution in [0.1, 0.15) is 62.7 Å². The Morgan fingerprint density at radius 1 is 1.03 bits per heavy atom. The molecule has 5 nitrogen and oxygen atoms in total. The Hall–Kier alpha value is -2.04. The van der Waals surface area contributed by atoms with Gasteiger partial charge in [-0.1, -0.05) is 13.8 Å². The molecule has 29 heavy (non-hydrogen) atoms. The average molecular weight is 400 g/mol. The van der Waals surface area contributed by atoms with Crippen LogP contribution in [0.15, 0.2) is 24.3 Å². The summed E-state index contributed by atoms with van der Waals surface area (Å²) >= 11 is 0. The van der Waals surface area contributed by atoms with Gasteiger partial charge in [-0.15, -0.1) is 0 Å². The molecule has 0 spiro atoms. The Morgan fingerprint density at radius 3 is 2.17 bits per heavy atom. The van der Waals surface area contributed by atoms with Gasteiger partial charge in [-0.25, -0.2) is 4.79 Å². The molecule has 4 bridgehead atoms. The highest BCUT2D eigenvalue weighted by molar-refractivity contribution is 5.91. The minimum Gasteiger partial charge on any atom is -0.493 e. The van der Waals surface area contributed by atoms with Gasteiger partial charge in [0.2, 0.25) is 0 Å². The number of carbonyl (C=O) groups is 2. The molecule has 4 aliphatic rings. The van der Waals surface area contributed by atoms with E-state index >= 15 is 0 Å². The maximum absolute atomic E-state index is 12.3. The van der Waals surface area contributed by atoms with Crippen molar-refractivity contribution in [3.8, 4) is 5.75 Å². The molecule has 1 amide bonds. The highest BCUT2D eigenvalue weighted by Gasteiger charge is 2.50. The van der Waals surface area contributed by atoms with Crippen LogP contribution < -0.4 is 10.1 Å². The third kappa shape index (κ3) is 4.93. The fourth-order valence-corrected chi connectivity index (χ4v) is 6.01. The lowest BCUT2D eigenvalue weighted by Crippen LogP contribution is -2.51. The van der Waals surface area contributed by atoms with Crippen LogP contribution in [-0.4, -0.2) is 31.6 Å². The molecule has 1 aromatic carbocycles. The van der Waals surface area contributed by atoms with Crippen molar-refractivity contribution >= 4 is 11.9 Å². The number of benzene rings is 1. The van der Waals surface area contributed by atoms with Gasteiger partial charge in [-0.3, -0.25) is 4.79 Å². The van der Waals surface area contributed by atoms with E-state index in [1.54, 1.807) is 24.3 Å². The molecule has 4 aliphatic carbocycles. The summed E-state index contributed by atoms with van der Waals surface area (Å²) in [6.07, 6.45) is 7.95. The summed E-state index contributed by atoms with van der Waals surface area (Å²) in [6, 6.07) is 6.86. The van der Waals surface area contributed by atoms with Crippen LogP contribution in [0.4, 0.5) is 0 Å². The molecule has 5 rings (SSSR count). The lowest BCUT2D eigenvalue weighted by atomic mass is 9.49. The van der Waals surface area contributed by atoms with Gasteiger partial charge in [0.1, 0.15) is 5.75 Å². The van der Waals surface area contributed by atoms with Crippen molar-refractivity contribution in [1.29, 1.82) is 0 Å². The standard InChI is InChI=1S/C24H33NO4/c1-16(2)13-28-21-5-3-20(4-6-21)23(27)29-14-22(26)25-15-24-10-17-7-18(11-24)9-19(8-17)12-24/h3-6,16-19H,7-15H2,1-2H3,(H,25,26). The third-order valence-electron chi connectivity index (χ3n) is 6.83. The van der Waals surface area contributed by atoms with Gasteiger partial charge >= 0.3 is 5.97 Å². The summed E-state index contributed by atoms with van der Waals surface area (Å²) < 4.78 is 10.8. The van der Waals surface area contributed by atoms with Gasteiger partial charge in [0, 0.05) is 6.54 Å². The van der Waals surface area contributed by atoms with Crippen molar-refractivity contribution in [1.82, 2.24) is 5.32 Å². The van der Waals surface area contributed by atoms with Gasteiger partial charge in [0.15, 0.2) is 6.61 Å². The normalized spacial score (nSPS) is 29.7. The fourth-order valence-electron chi connectivity index (χ4n) is 6.01. The summed E-state index contributed by atoms with van der Waals surface area (Å²) in [5.41, 5.74) is 0.719. The first-order chi connectivity index (χ1) is 13.9. The Labute approximate surface area is 173 Å². The first kappa shape index (κ1) is 20.2. The average Bonchev–Trinajstić information content (AvgIpc) is 2.68. The number of rotatable bonds is 8. The van der Waals surface area contributed by atoms with Gasteiger partial charge in [-0.05, 0) is 91.9 Å². The predicted octanol–water partition coefficient (Wildman–Crippen LogP) is 4.21. The Kier molecular flexibility index (Phi) is 5.84. The van der Waals surface area contributed by atoms with E-state index in [0.717, 1.165) is 30.0 Å². The van der Waals surface area contributed by atoms with Crippen LogP contribution in [0.25, 0.3) is 0 Å². The van der Waals surface area contributed by atoms with Crippen LogP contribution in [0.5, 0.6) is 5.75 Å². The molecular weight excluding hydrogens is 366 g/mol. The summed E-state index contributed by atoms with van der Waals surface area (Å²) in [5, 5.41) is 3.05. The summed E-state index contributed by atoms with van der Waals surface area (Å²) in [4.78, 5) is 24.5. The minimum absolute atomic E-state index is 0.203. The number of amides is 1. The smallest absolute Gasteiger partial charge is 0.338 e. The van der Waals surface area contributed by atoms with Crippen LogP contribution in [0.3, 0.4) is 0 Å². The minimum atomic E-state index is -0.481. The second-order valence-corrected chi connectivity index (χ2v) is 10.00. The van der Waals surface area contributed by atoms with Gasteiger partial charge < -0.3 is 14.8 Å². The van der Waals surface area contributed by atoms with E-state index in [9.17, 15) is 9.59 Å².